The Labute approximate surface area is 64.2 Å². The molecule has 8 heteroatoms. The van der Waals surface area contributed by atoms with E-state index in [0.29, 0.717) is 0 Å². The second-order valence-corrected chi connectivity index (χ2v) is 3.94. The van der Waals surface area contributed by atoms with E-state index in [0.717, 1.165) is 0 Å². The van der Waals surface area contributed by atoms with Gasteiger partial charge in [0.25, 0.3) is 0 Å². The molecule has 5 nitrogen and oxygen atoms in total. The van der Waals surface area contributed by atoms with E-state index in [1.165, 1.54) is 0 Å². The molecule has 0 aromatic carbocycles. The molecule has 0 aromatic heterocycles. The number of hydrogen-bond acceptors (Lipinski definition) is 4. The number of hydrogen-bond donors (Lipinski definition) is 3. The van der Waals surface area contributed by atoms with Crippen molar-refractivity contribution in [2.24, 2.45) is 0 Å². The zero-order valence-electron chi connectivity index (χ0n) is 4.99. The van der Waals surface area contributed by atoms with Gasteiger partial charge in [-0.15, -0.1) is 11.6 Å². The van der Waals surface area contributed by atoms with Crippen molar-refractivity contribution in [2.45, 2.75) is 0 Å². The van der Waals surface area contributed by atoms with Crippen molar-refractivity contribution in [3.05, 3.63) is 0 Å². The lowest BCUT2D eigenvalue weighted by Gasteiger charge is -2.00. The summed E-state index contributed by atoms with van der Waals surface area (Å²) in [6.07, 6.45) is -0.435. The van der Waals surface area contributed by atoms with E-state index in [4.69, 9.17) is 21.6 Å². The average Bonchev–Trinajstić information content (AvgIpc) is 1.85. The predicted molar refractivity (Wildman–Crippen MR) is 37.8 cm³/mol. The van der Waals surface area contributed by atoms with Crippen LogP contribution in [-0.4, -0.2) is 37.2 Å². The zero-order valence-corrected chi connectivity index (χ0v) is 6.56. The third-order valence-electron chi connectivity index (χ3n) is 0.629. The Morgan fingerprint density at radius 2 is 2.00 bits per heavy atom. The van der Waals surface area contributed by atoms with E-state index in [2.05, 4.69) is 0 Å². The van der Waals surface area contributed by atoms with Gasteiger partial charge in [0.15, 0.2) is 0 Å². The molecule has 0 fully saturated rings. The largest absolute Gasteiger partial charge is 0.467 e. The third kappa shape index (κ3) is 5.01. The van der Waals surface area contributed by atoms with Crippen molar-refractivity contribution in [2.75, 3.05) is 11.7 Å². The van der Waals surface area contributed by atoms with E-state index in [-0.39, 0.29) is 0 Å². The van der Waals surface area contributed by atoms with Crippen LogP contribution in [0.25, 0.3) is 0 Å². The van der Waals surface area contributed by atoms with Gasteiger partial charge in [0.05, 0.1) is 0 Å². The Kier molecular flexibility index (Phi) is 4.22. The summed E-state index contributed by atoms with van der Waals surface area (Å²) in [6.45, 7) is 0. The van der Waals surface area contributed by atoms with Gasteiger partial charge in [-0.25, -0.2) is 13.1 Å². The standard InChI is InChI=1S/C2H7BClNO4S/c4-2-10(8,9)5-1-3(6)7/h5-7H,1-2H2. The van der Waals surface area contributed by atoms with Gasteiger partial charge in [-0.1, -0.05) is 0 Å². The molecular formula is C2H7BClNO4S. The summed E-state index contributed by atoms with van der Waals surface area (Å²) >= 11 is 4.96. The Balaban J connectivity index is 3.70. The van der Waals surface area contributed by atoms with Crippen LogP contribution in [-0.2, 0) is 10.0 Å². The Morgan fingerprint density at radius 1 is 1.50 bits per heavy atom. The van der Waals surface area contributed by atoms with Crippen LogP contribution in [0.2, 0.25) is 0 Å². The second kappa shape index (κ2) is 4.14. The van der Waals surface area contributed by atoms with Gasteiger partial charge in [0, 0.05) is 6.44 Å². The van der Waals surface area contributed by atoms with Gasteiger partial charge < -0.3 is 10.0 Å². The van der Waals surface area contributed by atoms with E-state index < -0.39 is 28.8 Å². The molecule has 0 aliphatic rings. The van der Waals surface area contributed by atoms with Crippen LogP contribution >= 0.6 is 11.6 Å². The molecule has 0 atom stereocenters. The van der Waals surface area contributed by atoms with Gasteiger partial charge in [0.2, 0.25) is 10.0 Å². The molecule has 0 heterocycles. The van der Waals surface area contributed by atoms with Crippen LogP contribution in [0.15, 0.2) is 0 Å². The molecular weight excluding hydrogens is 180 g/mol. The number of halogens is 1. The molecule has 10 heavy (non-hydrogen) atoms. The highest BCUT2D eigenvalue weighted by Crippen LogP contribution is 1.86. The zero-order chi connectivity index (χ0) is 8.20. The van der Waals surface area contributed by atoms with Crippen molar-refractivity contribution in [1.29, 1.82) is 0 Å². The number of alkyl halides is 1. The first kappa shape index (κ1) is 10.2. The molecule has 0 radical (unpaired) electrons. The van der Waals surface area contributed by atoms with Crippen LogP contribution in [0.4, 0.5) is 0 Å². The van der Waals surface area contributed by atoms with Gasteiger partial charge >= 0.3 is 7.12 Å². The minimum atomic E-state index is -3.52. The molecule has 0 rings (SSSR count). The van der Waals surface area contributed by atoms with E-state index in [1.807, 2.05) is 4.72 Å². The van der Waals surface area contributed by atoms with Gasteiger partial charge in [-0.2, -0.15) is 0 Å². The highest BCUT2D eigenvalue weighted by atomic mass is 35.5. The smallest absolute Gasteiger partial charge is 0.426 e. The van der Waals surface area contributed by atoms with Crippen LogP contribution in [0.1, 0.15) is 0 Å². The molecule has 0 aliphatic heterocycles. The fourth-order valence-electron chi connectivity index (χ4n) is 0.240. The lowest BCUT2D eigenvalue weighted by atomic mass is 9.94. The lowest BCUT2D eigenvalue weighted by Crippen LogP contribution is -2.35. The maximum atomic E-state index is 10.4. The topological polar surface area (TPSA) is 86.6 Å². The summed E-state index contributed by atoms with van der Waals surface area (Å²) in [6, 6.07) is 0. The molecule has 60 valence electrons. The van der Waals surface area contributed by atoms with Crippen LogP contribution in [0, 0.1) is 0 Å². The van der Waals surface area contributed by atoms with Crippen molar-refractivity contribution in [1.82, 2.24) is 4.72 Å². The monoisotopic (exact) mass is 187 g/mol. The van der Waals surface area contributed by atoms with Crippen LogP contribution < -0.4 is 4.72 Å². The Morgan fingerprint density at radius 3 is 2.30 bits per heavy atom. The number of sulfonamides is 1. The quantitative estimate of drug-likeness (QED) is 0.355. The molecule has 0 spiro atoms. The van der Waals surface area contributed by atoms with E-state index in [1.54, 1.807) is 0 Å². The molecule has 0 saturated heterocycles. The SMILES string of the molecule is O=S(=O)(CCl)NCB(O)O. The maximum absolute atomic E-state index is 10.4. The first-order valence-corrected chi connectivity index (χ1v) is 4.56. The second-order valence-electron chi connectivity index (χ2n) is 1.55. The van der Waals surface area contributed by atoms with Crippen LogP contribution in [0.3, 0.4) is 0 Å². The fraction of sp³-hybridized carbons (Fsp3) is 1.00. The summed E-state index contributed by atoms with van der Waals surface area (Å²) < 4.78 is 22.7. The lowest BCUT2D eigenvalue weighted by molar-refractivity contribution is 0.404. The molecule has 0 saturated carbocycles. The van der Waals surface area contributed by atoms with Crippen LogP contribution in [0.5, 0.6) is 0 Å². The molecule has 0 aromatic rings. The van der Waals surface area contributed by atoms with Crippen molar-refractivity contribution in [3.8, 4) is 0 Å². The van der Waals surface area contributed by atoms with Crippen molar-refractivity contribution in [3.63, 3.8) is 0 Å². The minimum Gasteiger partial charge on any atom is -0.426 e. The summed E-state index contributed by atoms with van der Waals surface area (Å²) in [7, 11) is -5.20. The first-order valence-electron chi connectivity index (χ1n) is 2.37. The third-order valence-corrected chi connectivity index (χ3v) is 2.39. The van der Waals surface area contributed by atoms with Gasteiger partial charge in [0.1, 0.15) is 5.21 Å². The summed E-state index contributed by atoms with van der Waals surface area (Å²) in [5.41, 5.74) is 0. The van der Waals surface area contributed by atoms with E-state index >= 15 is 0 Å². The fourth-order valence-corrected chi connectivity index (χ4v) is 0.952. The highest BCUT2D eigenvalue weighted by molar-refractivity contribution is 7.90. The molecule has 3 N–H and O–H groups in total. The summed E-state index contributed by atoms with van der Waals surface area (Å²) in [5, 5.41) is 15.8. The molecule has 0 unspecified atom stereocenters. The normalized spacial score (nSPS) is 11.5. The Hall–Kier alpha value is 0.185. The van der Waals surface area contributed by atoms with Gasteiger partial charge in [-0.05, 0) is 0 Å². The highest BCUT2D eigenvalue weighted by Gasteiger charge is 2.12. The molecule has 0 aliphatic carbocycles. The van der Waals surface area contributed by atoms with Crippen molar-refractivity contribution < 1.29 is 18.5 Å². The average molecular weight is 187 g/mol. The molecule has 0 bridgehead atoms. The van der Waals surface area contributed by atoms with E-state index in [9.17, 15) is 8.42 Å². The van der Waals surface area contributed by atoms with Gasteiger partial charge in [-0.3, -0.25) is 0 Å². The maximum Gasteiger partial charge on any atom is 0.467 e. The predicted octanol–water partition coefficient (Wildman–Crippen LogP) is -1.89. The number of nitrogens with one attached hydrogen (secondary N) is 1. The Bertz CT molecular complexity index is 180. The molecule has 0 amide bonds. The number of rotatable bonds is 4. The van der Waals surface area contributed by atoms with Crippen molar-refractivity contribution >= 4 is 28.7 Å². The minimum absolute atomic E-state index is 0.435. The summed E-state index contributed by atoms with van der Waals surface area (Å²) in [5.74, 6) is 0. The first-order chi connectivity index (χ1) is 4.48. The summed E-state index contributed by atoms with van der Waals surface area (Å²) in [4.78, 5) is 0.